The molecule has 4 aliphatic rings. The van der Waals surface area contributed by atoms with Crippen molar-refractivity contribution in [1.82, 2.24) is 0 Å². The standard InChI is InChI=1S/C28H50O5/c1-2-3-20-30-23-14-6-7-15-24(23)32-27-18-10-11-19-28(27)33-26-17-9-8-16-25(26)31-22-13-5-4-12-21(22)29/h21-29H,2-20H2,1H3. The van der Waals surface area contributed by atoms with Crippen molar-refractivity contribution in [1.29, 1.82) is 0 Å². The van der Waals surface area contributed by atoms with Crippen LogP contribution >= 0.6 is 0 Å². The molecular weight excluding hydrogens is 416 g/mol. The molecule has 0 radical (unpaired) electrons. The largest absolute Gasteiger partial charge is 0.390 e. The number of ether oxygens (including phenoxy) is 4. The number of hydrogen-bond donors (Lipinski definition) is 1. The maximum Gasteiger partial charge on any atom is 0.0841 e. The Kier molecular flexibility index (Phi) is 10.8. The molecule has 1 N–H and O–H groups in total. The van der Waals surface area contributed by atoms with Crippen molar-refractivity contribution in [3.05, 3.63) is 0 Å². The molecule has 4 aliphatic carbocycles. The molecule has 4 rings (SSSR count). The van der Waals surface area contributed by atoms with Crippen molar-refractivity contribution in [2.24, 2.45) is 0 Å². The van der Waals surface area contributed by atoms with Gasteiger partial charge in [0.05, 0.1) is 48.8 Å². The molecule has 0 amide bonds. The molecule has 0 heterocycles. The summed E-state index contributed by atoms with van der Waals surface area (Å²) in [5, 5.41) is 10.4. The first-order valence-electron chi connectivity index (χ1n) is 14.5. The lowest BCUT2D eigenvalue weighted by Gasteiger charge is -2.42. The van der Waals surface area contributed by atoms with Crippen molar-refractivity contribution in [3.63, 3.8) is 0 Å². The molecule has 8 unspecified atom stereocenters. The average Bonchev–Trinajstić information content (AvgIpc) is 2.84. The van der Waals surface area contributed by atoms with Gasteiger partial charge in [0, 0.05) is 6.61 Å². The van der Waals surface area contributed by atoms with Gasteiger partial charge in [-0.25, -0.2) is 0 Å². The third kappa shape index (κ3) is 7.64. The highest BCUT2D eigenvalue weighted by atomic mass is 16.6. The van der Waals surface area contributed by atoms with Gasteiger partial charge in [-0.05, 0) is 57.8 Å². The summed E-state index contributed by atoms with van der Waals surface area (Å²) < 4.78 is 26.4. The van der Waals surface area contributed by atoms with E-state index in [4.69, 9.17) is 18.9 Å². The van der Waals surface area contributed by atoms with Gasteiger partial charge >= 0.3 is 0 Å². The highest BCUT2D eigenvalue weighted by molar-refractivity contribution is 4.87. The topological polar surface area (TPSA) is 57.2 Å². The quantitative estimate of drug-likeness (QED) is 0.395. The van der Waals surface area contributed by atoms with E-state index >= 15 is 0 Å². The molecule has 0 aromatic carbocycles. The van der Waals surface area contributed by atoms with E-state index in [1.165, 1.54) is 51.4 Å². The molecule has 0 bridgehead atoms. The van der Waals surface area contributed by atoms with E-state index in [-0.39, 0.29) is 48.8 Å². The Hall–Kier alpha value is -0.200. The Morgan fingerprint density at radius 2 is 0.879 bits per heavy atom. The third-order valence-corrected chi connectivity index (χ3v) is 8.47. The predicted octanol–water partition coefficient (Wildman–Crippen LogP) is 6.09. The summed E-state index contributed by atoms with van der Waals surface area (Å²) in [6.45, 7) is 3.08. The number of aliphatic hydroxyl groups excluding tert-OH is 1. The number of rotatable bonds is 10. The van der Waals surface area contributed by atoms with Crippen LogP contribution in [-0.2, 0) is 18.9 Å². The summed E-state index contributed by atoms with van der Waals surface area (Å²) in [4.78, 5) is 0. The van der Waals surface area contributed by atoms with Gasteiger partial charge in [0.25, 0.3) is 0 Å². The molecule has 0 aromatic rings. The summed E-state index contributed by atoms with van der Waals surface area (Å²) in [5.41, 5.74) is 0. The van der Waals surface area contributed by atoms with Crippen LogP contribution in [0, 0.1) is 0 Å². The second-order valence-electron chi connectivity index (χ2n) is 11.1. The number of aliphatic hydroxyl groups is 1. The molecule has 0 aromatic heterocycles. The monoisotopic (exact) mass is 466 g/mol. The average molecular weight is 467 g/mol. The Bertz CT molecular complexity index is 542. The molecule has 5 nitrogen and oxygen atoms in total. The van der Waals surface area contributed by atoms with Crippen molar-refractivity contribution < 1.29 is 24.1 Å². The first-order chi connectivity index (χ1) is 16.2. The van der Waals surface area contributed by atoms with Crippen molar-refractivity contribution in [3.8, 4) is 0 Å². The van der Waals surface area contributed by atoms with E-state index < -0.39 is 0 Å². The lowest BCUT2D eigenvalue weighted by molar-refractivity contribution is -0.206. The highest BCUT2D eigenvalue weighted by Crippen LogP contribution is 2.35. The smallest absolute Gasteiger partial charge is 0.0841 e. The molecule has 8 atom stereocenters. The van der Waals surface area contributed by atoms with Gasteiger partial charge in [-0.1, -0.05) is 64.7 Å². The van der Waals surface area contributed by atoms with Crippen LogP contribution in [0.4, 0.5) is 0 Å². The summed E-state index contributed by atoms with van der Waals surface area (Å²) in [6, 6.07) is 0. The zero-order valence-corrected chi connectivity index (χ0v) is 21.1. The van der Waals surface area contributed by atoms with Crippen molar-refractivity contribution in [2.75, 3.05) is 6.61 Å². The maximum absolute atomic E-state index is 10.4. The Balaban J connectivity index is 1.33. The van der Waals surface area contributed by atoms with Crippen LogP contribution in [-0.4, -0.2) is 60.5 Å². The van der Waals surface area contributed by atoms with Gasteiger partial charge in [-0.2, -0.15) is 0 Å². The zero-order valence-electron chi connectivity index (χ0n) is 21.1. The van der Waals surface area contributed by atoms with Crippen molar-refractivity contribution >= 4 is 0 Å². The lowest BCUT2D eigenvalue weighted by Crippen LogP contribution is -2.48. The minimum absolute atomic E-state index is 0.00498. The van der Waals surface area contributed by atoms with E-state index in [0.717, 1.165) is 70.8 Å². The fourth-order valence-corrected chi connectivity index (χ4v) is 6.45. The van der Waals surface area contributed by atoms with Gasteiger partial charge in [0.2, 0.25) is 0 Å². The van der Waals surface area contributed by atoms with Crippen LogP contribution < -0.4 is 0 Å². The normalized spacial score (nSPS) is 40.5. The van der Waals surface area contributed by atoms with Gasteiger partial charge in [0.1, 0.15) is 0 Å². The first-order valence-corrected chi connectivity index (χ1v) is 14.5. The number of unbranched alkanes of at least 4 members (excludes halogenated alkanes) is 1. The Morgan fingerprint density at radius 1 is 0.515 bits per heavy atom. The van der Waals surface area contributed by atoms with E-state index in [9.17, 15) is 5.11 Å². The van der Waals surface area contributed by atoms with Crippen LogP contribution in [0.15, 0.2) is 0 Å². The zero-order chi connectivity index (χ0) is 22.9. The Morgan fingerprint density at radius 3 is 1.33 bits per heavy atom. The summed E-state index contributed by atoms with van der Waals surface area (Å²) in [6.07, 6.45) is 21.2. The lowest BCUT2D eigenvalue weighted by atomic mass is 9.89. The summed E-state index contributed by atoms with van der Waals surface area (Å²) >= 11 is 0. The first kappa shape index (κ1) is 25.9. The van der Waals surface area contributed by atoms with Gasteiger partial charge in [-0.15, -0.1) is 0 Å². The predicted molar refractivity (Wildman–Crippen MR) is 131 cm³/mol. The van der Waals surface area contributed by atoms with Crippen LogP contribution in [0.1, 0.15) is 122 Å². The minimum Gasteiger partial charge on any atom is -0.390 e. The van der Waals surface area contributed by atoms with Crippen LogP contribution in [0.2, 0.25) is 0 Å². The molecule has 0 spiro atoms. The molecule has 4 fully saturated rings. The van der Waals surface area contributed by atoms with E-state index in [0.29, 0.717) is 0 Å². The second kappa shape index (κ2) is 13.8. The molecule has 33 heavy (non-hydrogen) atoms. The SMILES string of the molecule is CCCCOC1CCCCC1OC1CCCCC1OC1CCCCC1OC1CCCCC1O. The van der Waals surface area contributed by atoms with Crippen LogP contribution in [0.3, 0.4) is 0 Å². The van der Waals surface area contributed by atoms with Crippen LogP contribution in [0.5, 0.6) is 0 Å². The minimum atomic E-state index is -0.303. The molecule has 0 aliphatic heterocycles. The van der Waals surface area contributed by atoms with E-state index in [1.807, 2.05) is 0 Å². The van der Waals surface area contributed by atoms with Gasteiger partial charge < -0.3 is 24.1 Å². The molecular formula is C28H50O5. The summed E-state index contributed by atoms with van der Waals surface area (Å²) in [7, 11) is 0. The van der Waals surface area contributed by atoms with Crippen LogP contribution in [0.25, 0.3) is 0 Å². The highest BCUT2D eigenvalue weighted by Gasteiger charge is 2.38. The van der Waals surface area contributed by atoms with E-state index in [1.54, 1.807) is 0 Å². The number of hydrogen-bond acceptors (Lipinski definition) is 5. The molecule has 192 valence electrons. The third-order valence-electron chi connectivity index (χ3n) is 8.47. The molecule has 5 heteroatoms. The van der Waals surface area contributed by atoms with Gasteiger partial charge in [-0.3, -0.25) is 0 Å². The Labute approximate surface area is 202 Å². The fourth-order valence-electron chi connectivity index (χ4n) is 6.45. The molecule has 4 saturated carbocycles. The van der Waals surface area contributed by atoms with Gasteiger partial charge in [0.15, 0.2) is 0 Å². The maximum atomic E-state index is 10.4. The summed E-state index contributed by atoms with van der Waals surface area (Å²) in [5.74, 6) is 0. The molecule has 0 saturated heterocycles. The second-order valence-corrected chi connectivity index (χ2v) is 11.1. The van der Waals surface area contributed by atoms with Crippen molar-refractivity contribution in [2.45, 2.75) is 171 Å². The van der Waals surface area contributed by atoms with E-state index in [2.05, 4.69) is 6.92 Å². The fraction of sp³-hybridized carbons (Fsp3) is 1.00.